The van der Waals surface area contributed by atoms with E-state index in [1.54, 1.807) is 19.2 Å². The maximum Gasteiger partial charge on any atom is 0.191 e. The number of benzene rings is 2. The third-order valence-electron chi connectivity index (χ3n) is 5.29. The molecule has 0 saturated carbocycles. The minimum absolute atomic E-state index is 0.206. The van der Waals surface area contributed by atoms with Crippen molar-refractivity contribution < 1.29 is 4.39 Å². The highest BCUT2D eigenvalue weighted by Crippen LogP contribution is 2.20. The van der Waals surface area contributed by atoms with Crippen LogP contribution in [0.4, 0.5) is 10.1 Å². The molecule has 2 aromatic carbocycles. The van der Waals surface area contributed by atoms with Crippen LogP contribution in [0.1, 0.15) is 12.0 Å². The molecule has 1 fully saturated rings. The van der Waals surface area contributed by atoms with Crippen molar-refractivity contribution in [3.05, 3.63) is 66.1 Å². The number of aromatic amines is 1. The van der Waals surface area contributed by atoms with Gasteiger partial charge in [-0.25, -0.2) is 4.39 Å². The molecule has 1 saturated heterocycles. The third kappa shape index (κ3) is 4.11. The Balaban J connectivity index is 1.29. The number of para-hydroxylation sites is 1. The van der Waals surface area contributed by atoms with Crippen LogP contribution in [0.5, 0.6) is 0 Å². The number of nitrogens with zero attached hydrogens (tertiary/aromatic N) is 2. The van der Waals surface area contributed by atoms with E-state index in [0.717, 1.165) is 54.9 Å². The summed E-state index contributed by atoms with van der Waals surface area (Å²) in [6.07, 6.45) is 3.83. The fourth-order valence-electron chi connectivity index (χ4n) is 3.81. The summed E-state index contributed by atoms with van der Waals surface area (Å²) in [5.41, 5.74) is 3.33. The number of hydrogen-bond donors (Lipinski definition) is 3. The predicted octanol–water partition coefficient (Wildman–Crippen LogP) is 3.29. The molecule has 28 heavy (non-hydrogen) atoms. The molecule has 4 rings (SSSR count). The zero-order chi connectivity index (χ0) is 19.3. The second-order valence-electron chi connectivity index (χ2n) is 7.16. The summed E-state index contributed by atoms with van der Waals surface area (Å²) in [5, 5.41) is 7.85. The molecule has 6 heteroatoms. The van der Waals surface area contributed by atoms with E-state index in [2.05, 4.69) is 49.8 Å². The highest BCUT2D eigenvalue weighted by molar-refractivity contribution is 5.83. The smallest absolute Gasteiger partial charge is 0.191 e. The maximum absolute atomic E-state index is 13.5. The summed E-state index contributed by atoms with van der Waals surface area (Å²) in [6.45, 7) is 2.74. The minimum atomic E-state index is -0.206. The van der Waals surface area contributed by atoms with Crippen LogP contribution in [-0.2, 0) is 6.42 Å². The van der Waals surface area contributed by atoms with Gasteiger partial charge in [0.1, 0.15) is 5.82 Å². The number of anilines is 1. The van der Waals surface area contributed by atoms with Crippen molar-refractivity contribution in [3.63, 3.8) is 0 Å². The van der Waals surface area contributed by atoms with Crippen LogP contribution in [0.2, 0.25) is 0 Å². The SMILES string of the molecule is CN=C(NCCc1c[nH]c2ccc(F)cc12)NC1CCN(c2ccccc2)C1. The normalized spacial score (nSPS) is 17.3. The third-order valence-corrected chi connectivity index (χ3v) is 5.29. The first kappa shape index (κ1) is 18.3. The lowest BCUT2D eigenvalue weighted by Crippen LogP contribution is -2.45. The van der Waals surface area contributed by atoms with Crippen molar-refractivity contribution in [1.29, 1.82) is 0 Å². The van der Waals surface area contributed by atoms with Gasteiger partial charge in [0.25, 0.3) is 0 Å². The Morgan fingerprint density at radius 3 is 2.93 bits per heavy atom. The molecule has 3 aromatic rings. The van der Waals surface area contributed by atoms with Gasteiger partial charge in [-0.3, -0.25) is 4.99 Å². The van der Waals surface area contributed by atoms with Gasteiger partial charge in [-0.2, -0.15) is 0 Å². The Morgan fingerprint density at radius 2 is 2.11 bits per heavy atom. The molecule has 146 valence electrons. The zero-order valence-corrected chi connectivity index (χ0v) is 16.1. The summed E-state index contributed by atoms with van der Waals surface area (Å²) in [5.74, 6) is 0.605. The van der Waals surface area contributed by atoms with Gasteiger partial charge in [0.15, 0.2) is 5.96 Å². The number of aliphatic imine (C=N–C) groups is 1. The predicted molar refractivity (Wildman–Crippen MR) is 114 cm³/mol. The monoisotopic (exact) mass is 379 g/mol. The van der Waals surface area contributed by atoms with Gasteiger partial charge in [-0.05, 0) is 48.7 Å². The quantitative estimate of drug-likeness (QED) is 0.471. The van der Waals surface area contributed by atoms with Crippen LogP contribution in [0, 0.1) is 5.82 Å². The van der Waals surface area contributed by atoms with E-state index in [4.69, 9.17) is 0 Å². The van der Waals surface area contributed by atoms with Crippen molar-refractivity contribution in [2.24, 2.45) is 4.99 Å². The first-order valence-corrected chi connectivity index (χ1v) is 9.75. The summed E-state index contributed by atoms with van der Waals surface area (Å²) >= 11 is 0. The molecule has 1 aromatic heterocycles. The highest BCUT2D eigenvalue weighted by Gasteiger charge is 2.23. The van der Waals surface area contributed by atoms with Crippen LogP contribution < -0.4 is 15.5 Å². The number of fused-ring (bicyclic) bond motifs is 1. The van der Waals surface area contributed by atoms with Gasteiger partial charge in [0, 0.05) is 55.5 Å². The molecule has 0 amide bonds. The lowest BCUT2D eigenvalue weighted by Gasteiger charge is -2.20. The maximum atomic E-state index is 13.5. The van der Waals surface area contributed by atoms with Crippen molar-refractivity contribution in [2.45, 2.75) is 18.9 Å². The van der Waals surface area contributed by atoms with E-state index in [-0.39, 0.29) is 5.82 Å². The molecule has 1 aliphatic rings. The Hall–Kier alpha value is -3.02. The van der Waals surface area contributed by atoms with Crippen LogP contribution in [-0.4, -0.2) is 43.7 Å². The molecule has 2 heterocycles. The number of H-pyrrole nitrogens is 1. The summed E-state index contributed by atoms with van der Waals surface area (Å²) in [6, 6.07) is 15.7. The van der Waals surface area contributed by atoms with Crippen LogP contribution >= 0.6 is 0 Å². The molecule has 1 atom stereocenters. The number of halogens is 1. The molecule has 0 bridgehead atoms. The number of hydrogen-bond acceptors (Lipinski definition) is 2. The lowest BCUT2D eigenvalue weighted by atomic mass is 10.1. The molecule has 1 aliphatic heterocycles. The number of nitrogens with one attached hydrogen (secondary N) is 3. The molecular weight excluding hydrogens is 353 g/mol. The van der Waals surface area contributed by atoms with Gasteiger partial charge in [-0.15, -0.1) is 0 Å². The topological polar surface area (TPSA) is 55.5 Å². The standard InChI is InChI=1S/C22H26FN5/c1-24-22(27-18-10-12-28(15-18)19-5-3-2-4-6-19)25-11-9-16-14-26-21-8-7-17(23)13-20(16)21/h2-8,13-14,18,26H,9-12,15H2,1H3,(H2,24,25,27). The second kappa shape index (κ2) is 8.33. The van der Waals surface area contributed by atoms with Gasteiger partial charge >= 0.3 is 0 Å². The second-order valence-corrected chi connectivity index (χ2v) is 7.16. The van der Waals surface area contributed by atoms with E-state index in [0.29, 0.717) is 6.04 Å². The fourth-order valence-corrected chi connectivity index (χ4v) is 3.81. The van der Waals surface area contributed by atoms with Crippen molar-refractivity contribution in [2.75, 3.05) is 31.6 Å². The summed E-state index contributed by atoms with van der Waals surface area (Å²) < 4.78 is 13.5. The number of guanidine groups is 1. The molecule has 5 nitrogen and oxygen atoms in total. The molecule has 0 aliphatic carbocycles. The number of rotatable bonds is 5. The fraction of sp³-hybridized carbons (Fsp3) is 0.318. The Morgan fingerprint density at radius 1 is 1.25 bits per heavy atom. The lowest BCUT2D eigenvalue weighted by molar-refractivity contribution is 0.629. The Bertz CT molecular complexity index is 950. The van der Waals surface area contributed by atoms with Gasteiger partial charge < -0.3 is 20.5 Å². The molecule has 0 spiro atoms. The largest absolute Gasteiger partial charge is 0.369 e. The van der Waals surface area contributed by atoms with Gasteiger partial charge in [0.05, 0.1) is 0 Å². The van der Waals surface area contributed by atoms with Crippen molar-refractivity contribution in [1.82, 2.24) is 15.6 Å². The first-order valence-electron chi connectivity index (χ1n) is 9.75. The van der Waals surface area contributed by atoms with Gasteiger partial charge in [-0.1, -0.05) is 18.2 Å². The Kier molecular flexibility index (Phi) is 5.46. The van der Waals surface area contributed by atoms with Crippen LogP contribution in [0.15, 0.2) is 59.7 Å². The van der Waals surface area contributed by atoms with Crippen molar-refractivity contribution >= 4 is 22.5 Å². The summed E-state index contributed by atoms with van der Waals surface area (Å²) in [4.78, 5) is 9.95. The summed E-state index contributed by atoms with van der Waals surface area (Å²) in [7, 11) is 1.79. The highest BCUT2D eigenvalue weighted by atomic mass is 19.1. The van der Waals surface area contributed by atoms with E-state index in [9.17, 15) is 4.39 Å². The van der Waals surface area contributed by atoms with Crippen molar-refractivity contribution in [3.8, 4) is 0 Å². The minimum Gasteiger partial charge on any atom is -0.369 e. The zero-order valence-electron chi connectivity index (χ0n) is 16.1. The van der Waals surface area contributed by atoms with E-state index >= 15 is 0 Å². The molecule has 3 N–H and O–H groups in total. The number of aromatic nitrogens is 1. The first-order chi connectivity index (χ1) is 13.7. The van der Waals surface area contributed by atoms with Crippen LogP contribution in [0.25, 0.3) is 10.9 Å². The van der Waals surface area contributed by atoms with E-state index in [1.807, 2.05) is 12.3 Å². The molecule has 0 radical (unpaired) electrons. The molecular formula is C22H26FN5. The Labute approximate surface area is 164 Å². The average molecular weight is 379 g/mol. The van der Waals surface area contributed by atoms with E-state index in [1.165, 1.54) is 11.8 Å². The van der Waals surface area contributed by atoms with Crippen LogP contribution in [0.3, 0.4) is 0 Å². The van der Waals surface area contributed by atoms with Gasteiger partial charge in [0.2, 0.25) is 0 Å². The molecule has 1 unspecified atom stereocenters. The average Bonchev–Trinajstić information content (AvgIpc) is 3.35. The van der Waals surface area contributed by atoms with E-state index < -0.39 is 0 Å².